The van der Waals surface area contributed by atoms with Crippen LogP contribution in [0.25, 0.3) is 0 Å². The van der Waals surface area contributed by atoms with Gasteiger partial charge in [0, 0.05) is 25.4 Å². The molecule has 0 bridgehead atoms. The Balaban J connectivity index is 1.86. The van der Waals surface area contributed by atoms with Crippen molar-refractivity contribution in [1.29, 1.82) is 0 Å². The van der Waals surface area contributed by atoms with Crippen molar-refractivity contribution in [1.82, 2.24) is 14.9 Å². The van der Waals surface area contributed by atoms with Crippen LogP contribution in [0, 0.1) is 0 Å². The van der Waals surface area contributed by atoms with Crippen LogP contribution < -0.4 is 4.74 Å². The molecule has 0 saturated carbocycles. The van der Waals surface area contributed by atoms with E-state index in [9.17, 15) is 4.79 Å². The minimum Gasteiger partial charge on any atom is -0.458 e. The van der Waals surface area contributed by atoms with Crippen LogP contribution in [0.2, 0.25) is 0 Å². The molecule has 1 saturated heterocycles. The van der Waals surface area contributed by atoms with Crippen LogP contribution in [0.5, 0.6) is 6.01 Å². The fraction of sp³-hybridized carbons (Fsp3) is 0.615. The predicted octanol–water partition coefficient (Wildman–Crippen LogP) is 2.63. The van der Waals surface area contributed by atoms with Gasteiger partial charge in [-0.25, -0.2) is 14.8 Å². The zero-order valence-corrected chi connectivity index (χ0v) is 13.4. The minimum absolute atomic E-state index is 0.0938. The highest BCUT2D eigenvalue weighted by molar-refractivity contribution is 9.10. The number of hydrogen-bond donors (Lipinski definition) is 0. The summed E-state index contributed by atoms with van der Waals surface area (Å²) in [6.07, 6.45) is 3.61. The van der Waals surface area contributed by atoms with Gasteiger partial charge in [-0.1, -0.05) is 0 Å². The van der Waals surface area contributed by atoms with Crippen molar-refractivity contribution in [3.8, 4) is 6.01 Å². The number of hydrogen-bond acceptors (Lipinski definition) is 5. The zero-order chi connectivity index (χ0) is 14.8. The van der Waals surface area contributed by atoms with Crippen molar-refractivity contribution >= 4 is 22.0 Å². The van der Waals surface area contributed by atoms with Gasteiger partial charge < -0.3 is 14.4 Å². The Morgan fingerprint density at radius 1 is 1.40 bits per heavy atom. The second-order valence-electron chi connectivity index (χ2n) is 5.64. The van der Waals surface area contributed by atoms with Crippen molar-refractivity contribution in [3.05, 3.63) is 16.9 Å². The molecule has 110 valence electrons. The smallest absolute Gasteiger partial charge is 0.410 e. The van der Waals surface area contributed by atoms with Gasteiger partial charge in [0.2, 0.25) is 0 Å². The molecule has 0 aromatic carbocycles. The van der Waals surface area contributed by atoms with E-state index in [4.69, 9.17) is 9.47 Å². The van der Waals surface area contributed by atoms with Crippen LogP contribution in [0.1, 0.15) is 27.2 Å². The highest BCUT2D eigenvalue weighted by Gasteiger charge is 2.31. The molecule has 2 rings (SSSR count). The zero-order valence-electron chi connectivity index (χ0n) is 11.8. The second kappa shape index (κ2) is 5.95. The van der Waals surface area contributed by atoms with Crippen LogP contribution in [0.15, 0.2) is 16.9 Å². The van der Waals surface area contributed by atoms with Gasteiger partial charge in [-0.2, -0.15) is 0 Å². The number of carbonyl (C=O) groups excluding carboxylic acids is 1. The molecule has 0 N–H and O–H groups in total. The average molecular weight is 344 g/mol. The van der Waals surface area contributed by atoms with E-state index in [-0.39, 0.29) is 12.2 Å². The topological polar surface area (TPSA) is 64.5 Å². The van der Waals surface area contributed by atoms with Gasteiger partial charge in [0.15, 0.2) is 0 Å². The van der Waals surface area contributed by atoms with Gasteiger partial charge in [-0.05, 0) is 36.7 Å². The molecule has 1 aliphatic rings. The van der Waals surface area contributed by atoms with E-state index in [1.54, 1.807) is 17.3 Å². The molecule has 1 fully saturated rings. The lowest BCUT2D eigenvalue weighted by molar-refractivity contribution is 0.0274. The molecule has 20 heavy (non-hydrogen) atoms. The molecule has 1 amide bonds. The van der Waals surface area contributed by atoms with Gasteiger partial charge in [0.1, 0.15) is 11.7 Å². The summed E-state index contributed by atoms with van der Waals surface area (Å²) >= 11 is 3.26. The number of ether oxygens (including phenoxy) is 2. The highest BCUT2D eigenvalue weighted by atomic mass is 79.9. The molecule has 6 nitrogen and oxygen atoms in total. The molecule has 2 heterocycles. The van der Waals surface area contributed by atoms with Crippen molar-refractivity contribution in [2.24, 2.45) is 0 Å². The van der Waals surface area contributed by atoms with E-state index in [0.29, 0.717) is 19.1 Å². The first kappa shape index (κ1) is 15.0. The number of aromatic nitrogens is 2. The fourth-order valence-corrected chi connectivity index (χ4v) is 2.03. The maximum Gasteiger partial charge on any atom is 0.410 e. The lowest BCUT2D eigenvalue weighted by Gasteiger charge is -2.24. The van der Waals surface area contributed by atoms with Crippen LogP contribution in [0.3, 0.4) is 0 Å². The quantitative estimate of drug-likeness (QED) is 0.825. The summed E-state index contributed by atoms with van der Waals surface area (Å²) in [5, 5.41) is 0. The molecule has 1 aliphatic heterocycles. The Kier molecular flexibility index (Phi) is 4.47. The summed E-state index contributed by atoms with van der Waals surface area (Å²) in [6.45, 7) is 6.67. The molecule has 0 radical (unpaired) electrons. The maximum absolute atomic E-state index is 11.9. The van der Waals surface area contributed by atoms with Crippen molar-refractivity contribution in [3.63, 3.8) is 0 Å². The number of likely N-dealkylation sites (tertiary alicyclic amines) is 1. The van der Waals surface area contributed by atoms with Gasteiger partial charge in [-0.3, -0.25) is 0 Å². The van der Waals surface area contributed by atoms with Crippen LogP contribution in [-0.2, 0) is 4.74 Å². The van der Waals surface area contributed by atoms with E-state index >= 15 is 0 Å². The summed E-state index contributed by atoms with van der Waals surface area (Å²) in [7, 11) is 0. The lowest BCUT2D eigenvalue weighted by atomic mass is 10.2. The Morgan fingerprint density at radius 2 is 2.05 bits per heavy atom. The van der Waals surface area contributed by atoms with E-state index in [2.05, 4.69) is 25.9 Å². The standard InChI is InChI=1S/C13H18BrN3O3/c1-13(2,3)20-12(18)17-5-4-10(8-17)19-11-15-6-9(14)7-16-11/h6-7,10H,4-5,8H2,1-3H3/t10-/m1/s1. The highest BCUT2D eigenvalue weighted by Crippen LogP contribution is 2.18. The lowest BCUT2D eigenvalue weighted by Crippen LogP contribution is -2.36. The molecule has 7 heteroatoms. The molecule has 0 aliphatic carbocycles. The second-order valence-corrected chi connectivity index (χ2v) is 6.55. The summed E-state index contributed by atoms with van der Waals surface area (Å²) in [5.74, 6) is 0. The number of nitrogens with zero attached hydrogens (tertiary/aromatic N) is 3. The number of amides is 1. The fourth-order valence-electron chi connectivity index (χ4n) is 1.83. The van der Waals surface area contributed by atoms with Crippen LogP contribution in [0.4, 0.5) is 4.79 Å². The molecular weight excluding hydrogens is 326 g/mol. The van der Waals surface area contributed by atoms with E-state index in [1.165, 1.54) is 0 Å². The van der Waals surface area contributed by atoms with Gasteiger partial charge in [-0.15, -0.1) is 0 Å². The molecule has 0 unspecified atom stereocenters. The minimum atomic E-state index is -0.481. The van der Waals surface area contributed by atoms with Gasteiger partial charge in [0.05, 0.1) is 11.0 Å². The maximum atomic E-state index is 11.9. The summed E-state index contributed by atoms with van der Waals surface area (Å²) in [6, 6.07) is 0.323. The van der Waals surface area contributed by atoms with Crippen molar-refractivity contribution in [2.45, 2.75) is 38.9 Å². The molecule has 0 spiro atoms. The SMILES string of the molecule is CC(C)(C)OC(=O)N1CC[C@@H](Oc2ncc(Br)cn2)C1. The van der Waals surface area contributed by atoms with Gasteiger partial charge in [0.25, 0.3) is 0 Å². The van der Waals surface area contributed by atoms with Gasteiger partial charge >= 0.3 is 12.1 Å². The molecule has 1 aromatic heterocycles. The largest absolute Gasteiger partial charge is 0.458 e. The van der Waals surface area contributed by atoms with E-state index < -0.39 is 5.60 Å². The van der Waals surface area contributed by atoms with Crippen molar-refractivity contribution < 1.29 is 14.3 Å². The number of halogens is 1. The van der Waals surface area contributed by atoms with Crippen molar-refractivity contribution in [2.75, 3.05) is 13.1 Å². The third-order valence-electron chi connectivity index (χ3n) is 2.67. The molecular formula is C13H18BrN3O3. The summed E-state index contributed by atoms with van der Waals surface area (Å²) in [4.78, 5) is 21.7. The normalized spacial score (nSPS) is 19.0. The summed E-state index contributed by atoms with van der Waals surface area (Å²) in [5.41, 5.74) is -0.481. The predicted molar refractivity (Wildman–Crippen MR) is 76.6 cm³/mol. The first-order valence-electron chi connectivity index (χ1n) is 6.45. The van der Waals surface area contributed by atoms with Crippen LogP contribution in [-0.4, -0.2) is 45.8 Å². The Bertz CT molecular complexity index is 473. The summed E-state index contributed by atoms with van der Waals surface area (Å²) < 4.78 is 11.8. The third kappa shape index (κ3) is 4.33. The van der Waals surface area contributed by atoms with Crippen LogP contribution >= 0.6 is 15.9 Å². The first-order valence-corrected chi connectivity index (χ1v) is 7.25. The first-order chi connectivity index (χ1) is 9.33. The molecule has 1 aromatic rings. The van der Waals surface area contributed by atoms with E-state index in [1.807, 2.05) is 20.8 Å². The number of rotatable bonds is 2. The van der Waals surface area contributed by atoms with E-state index in [0.717, 1.165) is 10.9 Å². The monoisotopic (exact) mass is 343 g/mol. The Labute approximate surface area is 126 Å². The average Bonchev–Trinajstić information content (AvgIpc) is 2.79. The molecule has 1 atom stereocenters. The third-order valence-corrected chi connectivity index (χ3v) is 3.07. The Hall–Kier alpha value is -1.37. The number of carbonyl (C=O) groups is 1. The Morgan fingerprint density at radius 3 is 2.65 bits per heavy atom.